The number of nitrogens with one attached hydrogen (secondary N) is 1. The molecule has 82 valence electrons. The summed E-state index contributed by atoms with van der Waals surface area (Å²) in [5, 5.41) is 14.0. The quantitative estimate of drug-likeness (QED) is 0.576. The Kier molecular flexibility index (Phi) is 5.07. The summed E-state index contributed by atoms with van der Waals surface area (Å²) < 4.78 is 0. The fraction of sp³-hybridized carbons (Fsp3) is 0.364. The largest absolute Gasteiger partial charge is 0.478 e. The summed E-state index contributed by atoms with van der Waals surface area (Å²) in [5.41, 5.74) is 0.466. The van der Waals surface area contributed by atoms with Crippen molar-refractivity contribution in [1.82, 2.24) is 5.32 Å². The molecule has 1 heterocycles. The van der Waals surface area contributed by atoms with Gasteiger partial charge in [0.1, 0.15) is 0 Å². The molecule has 0 radical (unpaired) electrons. The lowest BCUT2D eigenvalue weighted by atomic mass is 10.2. The predicted octanol–water partition coefficient (Wildman–Crippen LogP) is 2.26. The molecule has 0 aliphatic heterocycles. The minimum Gasteiger partial charge on any atom is -0.478 e. The molecular weight excluding hydrogens is 210 g/mol. The second-order valence-electron chi connectivity index (χ2n) is 3.10. The number of carboxylic acid groups (broad SMARTS) is 1. The van der Waals surface area contributed by atoms with Crippen LogP contribution in [0, 0.1) is 0 Å². The lowest BCUT2D eigenvalue weighted by Crippen LogP contribution is -2.13. The Labute approximate surface area is 93.4 Å². The summed E-state index contributed by atoms with van der Waals surface area (Å²) in [5.74, 6) is -0.824. The zero-order valence-electron chi connectivity index (χ0n) is 8.69. The number of carboxylic acids is 1. The highest BCUT2D eigenvalue weighted by molar-refractivity contribution is 7.09. The molecule has 0 spiro atoms. The fourth-order valence-electron chi connectivity index (χ4n) is 1.19. The van der Waals surface area contributed by atoms with Crippen molar-refractivity contribution in [3.05, 3.63) is 34.0 Å². The van der Waals surface area contributed by atoms with E-state index in [0.29, 0.717) is 18.5 Å². The monoisotopic (exact) mass is 225 g/mol. The molecular formula is C11H15NO2S. The molecule has 0 atom stereocenters. The Morgan fingerprint density at radius 2 is 2.47 bits per heavy atom. The van der Waals surface area contributed by atoms with Gasteiger partial charge in [-0.05, 0) is 17.9 Å². The Morgan fingerprint density at radius 1 is 1.67 bits per heavy atom. The molecule has 0 saturated heterocycles. The number of hydrogen-bond donors (Lipinski definition) is 2. The summed E-state index contributed by atoms with van der Waals surface area (Å²) in [4.78, 5) is 11.9. The van der Waals surface area contributed by atoms with Gasteiger partial charge in [-0.25, -0.2) is 4.79 Å². The van der Waals surface area contributed by atoms with E-state index in [4.69, 9.17) is 5.11 Å². The van der Waals surface area contributed by atoms with Gasteiger partial charge < -0.3 is 10.4 Å². The molecule has 15 heavy (non-hydrogen) atoms. The van der Waals surface area contributed by atoms with Crippen LogP contribution in [-0.2, 0) is 11.3 Å². The highest BCUT2D eigenvalue weighted by atomic mass is 32.1. The van der Waals surface area contributed by atoms with Crippen LogP contribution >= 0.6 is 11.3 Å². The van der Waals surface area contributed by atoms with E-state index in [9.17, 15) is 4.79 Å². The van der Waals surface area contributed by atoms with Crippen molar-refractivity contribution in [1.29, 1.82) is 0 Å². The molecule has 0 saturated carbocycles. The minimum atomic E-state index is -0.824. The molecule has 2 N–H and O–H groups in total. The first-order valence-corrected chi connectivity index (χ1v) is 5.77. The van der Waals surface area contributed by atoms with Gasteiger partial charge in [0.15, 0.2) is 0 Å². The van der Waals surface area contributed by atoms with Crippen molar-refractivity contribution >= 4 is 17.3 Å². The van der Waals surface area contributed by atoms with E-state index in [1.165, 1.54) is 4.88 Å². The SMILES string of the molecule is CC/C(=C/CNCc1cccs1)C(=O)O. The molecule has 0 bridgehead atoms. The van der Waals surface area contributed by atoms with Crippen molar-refractivity contribution in [2.45, 2.75) is 19.9 Å². The zero-order chi connectivity index (χ0) is 11.1. The van der Waals surface area contributed by atoms with Crippen LogP contribution in [-0.4, -0.2) is 17.6 Å². The van der Waals surface area contributed by atoms with Gasteiger partial charge in [0.25, 0.3) is 0 Å². The van der Waals surface area contributed by atoms with E-state index in [2.05, 4.69) is 11.4 Å². The van der Waals surface area contributed by atoms with Crippen LogP contribution in [0.25, 0.3) is 0 Å². The Balaban J connectivity index is 2.28. The Bertz CT molecular complexity index is 330. The molecule has 0 fully saturated rings. The summed E-state index contributed by atoms with van der Waals surface area (Å²) in [6.07, 6.45) is 2.30. The molecule has 4 heteroatoms. The van der Waals surface area contributed by atoms with Gasteiger partial charge in [0.2, 0.25) is 0 Å². The number of aliphatic carboxylic acids is 1. The molecule has 0 amide bonds. The van der Waals surface area contributed by atoms with Gasteiger partial charge in [-0.2, -0.15) is 0 Å². The van der Waals surface area contributed by atoms with E-state index < -0.39 is 5.97 Å². The van der Waals surface area contributed by atoms with E-state index in [1.54, 1.807) is 17.4 Å². The number of thiophene rings is 1. The van der Waals surface area contributed by atoms with Crippen LogP contribution in [0.3, 0.4) is 0 Å². The van der Waals surface area contributed by atoms with Crippen LogP contribution in [0.15, 0.2) is 29.2 Å². The fourth-order valence-corrected chi connectivity index (χ4v) is 1.86. The average molecular weight is 225 g/mol. The first-order chi connectivity index (χ1) is 7.24. The first kappa shape index (κ1) is 11.9. The maximum absolute atomic E-state index is 10.7. The van der Waals surface area contributed by atoms with Crippen molar-refractivity contribution in [3.63, 3.8) is 0 Å². The molecule has 1 aromatic rings. The summed E-state index contributed by atoms with van der Waals surface area (Å²) in [6, 6.07) is 4.06. The topological polar surface area (TPSA) is 49.3 Å². The van der Waals surface area contributed by atoms with Crippen LogP contribution in [0.1, 0.15) is 18.2 Å². The highest BCUT2D eigenvalue weighted by Gasteiger charge is 2.02. The Hall–Kier alpha value is -1.13. The summed E-state index contributed by atoms with van der Waals surface area (Å²) in [6.45, 7) is 3.25. The van der Waals surface area contributed by atoms with Gasteiger partial charge in [0, 0.05) is 23.5 Å². The second-order valence-corrected chi connectivity index (χ2v) is 4.13. The third-order valence-corrected chi connectivity index (χ3v) is 2.90. The van der Waals surface area contributed by atoms with Crippen molar-refractivity contribution in [2.24, 2.45) is 0 Å². The molecule has 3 nitrogen and oxygen atoms in total. The van der Waals surface area contributed by atoms with Crippen molar-refractivity contribution in [2.75, 3.05) is 6.54 Å². The zero-order valence-corrected chi connectivity index (χ0v) is 9.51. The summed E-state index contributed by atoms with van der Waals surface area (Å²) in [7, 11) is 0. The minimum absolute atomic E-state index is 0.466. The van der Waals surface area contributed by atoms with Crippen LogP contribution in [0.2, 0.25) is 0 Å². The Morgan fingerprint density at radius 3 is 3.00 bits per heavy atom. The maximum atomic E-state index is 10.7. The first-order valence-electron chi connectivity index (χ1n) is 4.89. The number of hydrogen-bond acceptors (Lipinski definition) is 3. The lowest BCUT2D eigenvalue weighted by molar-refractivity contribution is -0.132. The third kappa shape index (κ3) is 4.27. The van der Waals surface area contributed by atoms with Gasteiger partial charge in [0.05, 0.1) is 0 Å². The van der Waals surface area contributed by atoms with Gasteiger partial charge in [-0.1, -0.05) is 19.1 Å². The lowest BCUT2D eigenvalue weighted by Gasteiger charge is -2.00. The average Bonchev–Trinajstić information content (AvgIpc) is 2.70. The number of carbonyl (C=O) groups is 1. The van der Waals surface area contributed by atoms with Crippen LogP contribution in [0.5, 0.6) is 0 Å². The van der Waals surface area contributed by atoms with E-state index in [-0.39, 0.29) is 0 Å². The maximum Gasteiger partial charge on any atom is 0.331 e. The normalized spacial score (nSPS) is 11.7. The van der Waals surface area contributed by atoms with E-state index in [1.807, 2.05) is 18.4 Å². The van der Waals surface area contributed by atoms with Crippen molar-refractivity contribution < 1.29 is 9.90 Å². The van der Waals surface area contributed by atoms with E-state index in [0.717, 1.165) is 6.54 Å². The van der Waals surface area contributed by atoms with E-state index >= 15 is 0 Å². The van der Waals surface area contributed by atoms with Crippen molar-refractivity contribution in [3.8, 4) is 0 Å². The van der Waals surface area contributed by atoms with Gasteiger partial charge in [-0.3, -0.25) is 0 Å². The standard InChI is InChI=1S/C11H15NO2S/c1-2-9(11(13)14)5-6-12-8-10-4-3-7-15-10/h3-5,7,12H,2,6,8H2,1H3,(H,13,14)/b9-5-. The highest BCUT2D eigenvalue weighted by Crippen LogP contribution is 2.07. The molecule has 0 unspecified atom stereocenters. The molecule has 0 aromatic carbocycles. The number of rotatable bonds is 6. The molecule has 0 aliphatic carbocycles. The molecule has 1 rings (SSSR count). The predicted molar refractivity (Wildman–Crippen MR) is 62.0 cm³/mol. The summed E-state index contributed by atoms with van der Waals surface area (Å²) >= 11 is 1.69. The third-order valence-electron chi connectivity index (χ3n) is 2.03. The molecule has 0 aliphatic rings. The van der Waals surface area contributed by atoms with Crippen LogP contribution in [0.4, 0.5) is 0 Å². The smallest absolute Gasteiger partial charge is 0.331 e. The van der Waals surface area contributed by atoms with Gasteiger partial charge in [-0.15, -0.1) is 11.3 Å². The van der Waals surface area contributed by atoms with Gasteiger partial charge >= 0.3 is 5.97 Å². The molecule has 1 aromatic heterocycles. The second kappa shape index (κ2) is 6.37. The van der Waals surface area contributed by atoms with Crippen LogP contribution < -0.4 is 5.32 Å².